The smallest absolute Gasteiger partial charge is 0.130 e. The van der Waals surface area contributed by atoms with Crippen molar-refractivity contribution in [3.05, 3.63) is 51.8 Å². The standard InChI is InChI=1S/C13H14ClF2N3/c1-7-8(13(14)19(2)18-7)6-11(17)12-9(15)4-3-5-10(12)16/h3-5,11H,6,17H2,1-2H3. The van der Waals surface area contributed by atoms with Crippen LogP contribution in [0.1, 0.15) is 22.9 Å². The van der Waals surface area contributed by atoms with Crippen molar-refractivity contribution in [1.29, 1.82) is 0 Å². The molecule has 0 bridgehead atoms. The molecule has 2 rings (SSSR count). The molecule has 0 aliphatic rings. The molecule has 6 heteroatoms. The van der Waals surface area contributed by atoms with Gasteiger partial charge in [0.05, 0.1) is 5.69 Å². The van der Waals surface area contributed by atoms with Gasteiger partial charge in [0, 0.05) is 24.2 Å². The monoisotopic (exact) mass is 285 g/mol. The molecule has 1 heterocycles. The van der Waals surface area contributed by atoms with E-state index >= 15 is 0 Å². The van der Waals surface area contributed by atoms with Gasteiger partial charge in [0.1, 0.15) is 16.8 Å². The Morgan fingerprint density at radius 2 is 1.95 bits per heavy atom. The van der Waals surface area contributed by atoms with E-state index in [0.29, 0.717) is 16.4 Å². The fourth-order valence-electron chi connectivity index (χ4n) is 2.09. The van der Waals surface area contributed by atoms with Gasteiger partial charge in [-0.2, -0.15) is 5.10 Å². The van der Waals surface area contributed by atoms with E-state index in [9.17, 15) is 8.78 Å². The Bertz CT molecular complexity index is 590. The van der Waals surface area contributed by atoms with Crippen molar-refractivity contribution in [3.63, 3.8) is 0 Å². The summed E-state index contributed by atoms with van der Waals surface area (Å²) in [6.45, 7) is 1.78. The molecule has 0 amide bonds. The average Bonchev–Trinajstić information content (AvgIpc) is 2.56. The van der Waals surface area contributed by atoms with Gasteiger partial charge in [-0.05, 0) is 25.5 Å². The number of halogens is 3. The lowest BCUT2D eigenvalue weighted by molar-refractivity contribution is 0.524. The number of benzene rings is 1. The Morgan fingerprint density at radius 3 is 2.42 bits per heavy atom. The van der Waals surface area contributed by atoms with Gasteiger partial charge in [-0.15, -0.1) is 0 Å². The lowest BCUT2D eigenvalue weighted by Crippen LogP contribution is -2.17. The first kappa shape index (κ1) is 14.0. The summed E-state index contributed by atoms with van der Waals surface area (Å²) >= 11 is 6.08. The molecule has 0 spiro atoms. The first-order chi connectivity index (χ1) is 8.91. The minimum atomic E-state index is -0.804. The van der Waals surface area contributed by atoms with Crippen molar-refractivity contribution >= 4 is 11.6 Å². The number of nitrogens with two attached hydrogens (primary N) is 1. The van der Waals surface area contributed by atoms with Gasteiger partial charge in [0.25, 0.3) is 0 Å². The van der Waals surface area contributed by atoms with Crippen molar-refractivity contribution in [3.8, 4) is 0 Å². The van der Waals surface area contributed by atoms with Crippen molar-refractivity contribution < 1.29 is 8.78 Å². The molecule has 0 aliphatic heterocycles. The number of hydrogen-bond acceptors (Lipinski definition) is 2. The van der Waals surface area contributed by atoms with Gasteiger partial charge < -0.3 is 5.73 Å². The summed E-state index contributed by atoms with van der Waals surface area (Å²) in [5.41, 5.74) is 7.19. The number of rotatable bonds is 3. The Hall–Kier alpha value is -1.46. The van der Waals surface area contributed by atoms with Gasteiger partial charge in [-0.3, -0.25) is 4.68 Å². The maximum Gasteiger partial charge on any atom is 0.130 e. The molecular formula is C13H14ClF2N3. The zero-order chi connectivity index (χ0) is 14.2. The second kappa shape index (κ2) is 5.27. The largest absolute Gasteiger partial charge is 0.323 e. The molecule has 102 valence electrons. The molecule has 1 unspecified atom stereocenters. The van der Waals surface area contributed by atoms with Gasteiger partial charge in [-0.1, -0.05) is 17.7 Å². The van der Waals surface area contributed by atoms with Gasteiger partial charge in [0.2, 0.25) is 0 Å². The van der Waals surface area contributed by atoms with E-state index in [-0.39, 0.29) is 12.0 Å². The third-order valence-corrected chi connectivity index (χ3v) is 3.54. The summed E-state index contributed by atoms with van der Waals surface area (Å²) < 4.78 is 28.8. The fraction of sp³-hybridized carbons (Fsp3) is 0.308. The molecule has 19 heavy (non-hydrogen) atoms. The molecule has 0 saturated carbocycles. The lowest BCUT2D eigenvalue weighted by atomic mass is 9.99. The van der Waals surface area contributed by atoms with Crippen LogP contribution >= 0.6 is 11.6 Å². The van der Waals surface area contributed by atoms with Crippen molar-refractivity contribution in [2.24, 2.45) is 12.8 Å². The summed E-state index contributed by atoms with van der Waals surface area (Å²) in [6.07, 6.45) is 0.232. The Balaban J connectivity index is 2.33. The maximum atomic E-state index is 13.6. The predicted molar refractivity (Wildman–Crippen MR) is 69.9 cm³/mol. The van der Waals surface area contributed by atoms with Gasteiger partial charge in [0.15, 0.2) is 0 Å². The summed E-state index contributed by atoms with van der Waals surface area (Å²) in [7, 11) is 1.70. The molecule has 3 nitrogen and oxygen atoms in total. The van der Waals surface area contributed by atoms with Crippen LogP contribution in [0.25, 0.3) is 0 Å². The molecule has 0 saturated heterocycles. The molecular weight excluding hydrogens is 272 g/mol. The zero-order valence-corrected chi connectivity index (χ0v) is 11.4. The summed E-state index contributed by atoms with van der Waals surface area (Å²) in [4.78, 5) is 0. The van der Waals surface area contributed by atoms with Crippen molar-refractivity contribution in [2.45, 2.75) is 19.4 Å². The van der Waals surface area contributed by atoms with E-state index in [0.717, 1.165) is 0 Å². The number of hydrogen-bond donors (Lipinski definition) is 1. The van der Waals surface area contributed by atoms with Crippen LogP contribution in [0.15, 0.2) is 18.2 Å². The molecule has 1 aromatic carbocycles. The fourth-order valence-corrected chi connectivity index (χ4v) is 2.34. The van der Waals surface area contributed by atoms with Crippen LogP contribution in [-0.4, -0.2) is 9.78 Å². The highest BCUT2D eigenvalue weighted by molar-refractivity contribution is 6.30. The van der Waals surface area contributed by atoms with E-state index in [2.05, 4.69) is 5.10 Å². The van der Waals surface area contributed by atoms with E-state index in [1.807, 2.05) is 0 Å². The van der Waals surface area contributed by atoms with E-state index < -0.39 is 17.7 Å². The van der Waals surface area contributed by atoms with Crippen LogP contribution in [0.3, 0.4) is 0 Å². The quantitative estimate of drug-likeness (QED) is 0.942. The molecule has 0 fully saturated rings. The normalized spacial score (nSPS) is 12.7. The minimum absolute atomic E-state index is 0.123. The highest BCUT2D eigenvalue weighted by Crippen LogP contribution is 2.27. The minimum Gasteiger partial charge on any atom is -0.323 e. The first-order valence-electron chi connectivity index (χ1n) is 5.79. The molecule has 0 aliphatic carbocycles. The topological polar surface area (TPSA) is 43.8 Å². The van der Waals surface area contributed by atoms with Crippen LogP contribution in [0, 0.1) is 18.6 Å². The Labute approximate surface area is 115 Å². The molecule has 2 aromatic rings. The molecule has 1 aromatic heterocycles. The SMILES string of the molecule is Cc1nn(C)c(Cl)c1CC(N)c1c(F)cccc1F. The summed E-state index contributed by atoms with van der Waals surface area (Å²) in [5.74, 6) is -1.30. The summed E-state index contributed by atoms with van der Waals surface area (Å²) in [6, 6.07) is 2.89. The number of aromatic nitrogens is 2. The van der Waals surface area contributed by atoms with E-state index in [1.54, 1.807) is 14.0 Å². The van der Waals surface area contributed by atoms with Crippen LogP contribution < -0.4 is 5.73 Å². The third kappa shape index (κ3) is 2.62. The highest BCUT2D eigenvalue weighted by atomic mass is 35.5. The Morgan fingerprint density at radius 1 is 1.37 bits per heavy atom. The van der Waals surface area contributed by atoms with Crippen molar-refractivity contribution in [1.82, 2.24) is 9.78 Å². The maximum absolute atomic E-state index is 13.6. The van der Waals surface area contributed by atoms with Gasteiger partial charge in [-0.25, -0.2) is 8.78 Å². The molecule has 1 atom stereocenters. The predicted octanol–water partition coefficient (Wildman–Crippen LogP) is 2.90. The van der Waals surface area contributed by atoms with Crippen molar-refractivity contribution in [2.75, 3.05) is 0 Å². The first-order valence-corrected chi connectivity index (χ1v) is 6.17. The van der Waals surface area contributed by atoms with E-state index in [1.165, 1.54) is 22.9 Å². The second-order valence-corrected chi connectivity index (χ2v) is 4.78. The Kier molecular flexibility index (Phi) is 3.87. The van der Waals surface area contributed by atoms with Crippen LogP contribution in [-0.2, 0) is 13.5 Å². The third-order valence-electron chi connectivity index (χ3n) is 3.06. The van der Waals surface area contributed by atoms with E-state index in [4.69, 9.17) is 17.3 Å². The second-order valence-electron chi connectivity index (χ2n) is 4.42. The lowest BCUT2D eigenvalue weighted by Gasteiger charge is -2.13. The number of aryl methyl sites for hydroxylation is 2. The molecule has 0 radical (unpaired) electrons. The zero-order valence-electron chi connectivity index (χ0n) is 10.6. The van der Waals surface area contributed by atoms with Crippen LogP contribution in [0.4, 0.5) is 8.78 Å². The van der Waals surface area contributed by atoms with Crippen LogP contribution in [0.5, 0.6) is 0 Å². The summed E-state index contributed by atoms with van der Waals surface area (Å²) in [5, 5.41) is 4.58. The highest BCUT2D eigenvalue weighted by Gasteiger charge is 2.20. The number of nitrogens with zero attached hydrogens (tertiary/aromatic N) is 2. The average molecular weight is 286 g/mol. The van der Waals surface area contributed by atoms with Gasteiger partial charge >= 0.3 is 0 Å². The molecule has 2 N–H and O–H groups in total. The van der Waals surface area contributed by atoms with Crippen LogP contribution in [0.2, 0.25) is 5.15 Å².